The summed E-state index contributed by atoms with van der Waals surface area (Å²) in [6.45, 7) is 5.26. The van der Waals surface area contributed by atoms with Gasteiger partial charge in [0.25, 0.3) is 5.91 Å². The number of ether oxygens (including phenoxy) is 2. The molecule has 3 rings (SSSR count). The second-order valence-corrected chi connectivity index (χ2v) is 9.61. The number of piperazine rings is 1. The molecule has 0 saturated carbocycles. The van der Waals surface area contributed by atoms with Crippen molar-refractivity contribution in [1.82, 2.24) is 9.80 Å². The Morgan fingerprint density at radius 1 is 1.09 bits per heavy atom. The third kappa shape index (κ3) is 5.87. The summed E-state index contributed by atoms with van der Waals surface area (Å²) in [5.41, 5.74) is 0.422. The molecule has 2 bridgehead atoms. The number of fused-ring (bicyclic) bond motifs is 2. The first-order chi connectivity index (χ1) is 16.5. The maximum Gasteiger partial charge on any atom is 0.291 e. The van der Waals surface area contributed by atoms with Crippen LogP contribution in [-0.2, 0) is 30.3 Å². The van der Waals surface area contributed by atoms with E-state index in [1.165, 1.54) is 12.7 Å². The van der Waals surface area contributed by atoms with Gasteiger partial charge in [0.2, 0.25) is 11.7 Å². The largest absolute Gasteiger partial charge is 0.359 e. The summed E-state index contributed by atoms with van der Waals surface area (Å²) in [5.74, 6) is -0.961. The van der Waals surface area contributed by atoms with E-state index >= 15 is 0 Å². The Morgan fingerprint density at radius 2 is 1.82 bits per heavy atom. The van der Waals surface area contributed by atoms with Gasteiger partial charge in [0.05, 0.1) is 18.1 Å². The van der Waals surface area contributed by atoms with Gasteiger partial charge in [0, 0.05) is 20.2 Å². The first-order valence-corrected chi connectivity index (χ1v) is 12.7. The fourth-order valence-electron chi connectivity index (χ4n) is 5.35. The van der Waals surface area contributed by atoms with E-state index in [1.54, 1.807) is 4.90 Å². The molecule has 0 aromatic heterocycles. The number of amides is 2. The number of benzene rings is 1. The number of hydrogen-bond acceptors (Lipinski definition) is 5. The van der Waals surface area contributed by atoms with Crippen LogP contribution in [0.3, 0.4) is 0 Å². The first-order valence-electron chi connectivity index (χ1n) is 12.7. The number of hydrogen-bond donors (Lipinski definition) is 0. The van der Waals surface area contributed by atoms with E-state index in [1.807, 2.05) is 36.9 Å². The maximum absolute atomic E-state index is 13.5. The molecule has 2 aliphatic rings. The van der Waals surface area contributed by atoms with Crippen LogP contribution in [0.25, 0.3) is 0 Å². The number of aryl methyl sites for hydroxylation is 1. The highest BCUT2D eigenvalue weighted by Crippen LogP contribution is 2.34. The molecule has 7 heteroatoms. The zero-order valence-electron chi connectivity index (χ0n) is 21.0. The Balaban J connectivity index is 1.63. The van der Waals surface area contributed by atoms with Crippen molar-refractivity contribution in [1.29, 1.82) is 0 Å². The lowest BCUT2D eigenvalue weighted by Crippen LogP contribution is -2.67. The van der Waals surface area contributed by atoms with Gasteiger partial charge >= 0.3 is 0 Å². The first kappa shape index (κ1) is 26.4. The summed E-state index contributed by atoms with van der Waals surface area (Å²) in [5, 5.41) is 0. The summed E-state index contributed by atoms with van der Waals surface area (Å²) >= 11 is 0. The van der Waals surface area contributed by atoms with Crippen LogP contribution in [0, 0.1) is 5.41 Å². The Hall–Kier alpha value is -2.25. The maximum atomic E-state index is 13.5. The highest BCUT2D eigenvalue weighted by atomic mass is 16.7. The van der Waals surface area contributed by atoms with Crippen molar-refractivity contribution in [3.63, 3.8) is 0 Å². The average Bonchev–Trinajstić information content (AvgIpc) is 2.87. The molecule has 0 spiro atoms. The minimum atomic E-state index is -0.887. The molecule has 2 amide bonds. The average molecular weight is 473 g/mol. The fraction of sp³-hybridized carbons (Fsp3) is 0.667. The Morgan fingerprint density at radius 3 is 2.50 bits per heavy atom. The number of piperidine rings is 1. The van der Waals surface area contributed by atoms with Gasteiger partial charge < -0.3 is 19.3 Å². The molecule has 2 unspecified atom stereocenters. The number of ketones is 1. The number of rotatable bonds is 13. The molecule has 2 fully saturated rings. The zero-order valence-corrected chi connectivity index (χ0v) is 21.0. The lowest BCUT2D eigenvalue weighted by atomic mass is 9.77. The number of Topliss-reactive ketones (excluding diaryl/α,β-unsaturated/α-hetero) is 1. The van der Waals surface area contributed by atoms with Gasteiger partial charge in [-0.05, 0) is 56.9 Å². The number of carbonyl (C=O) groups is 3. The second-order valence-electron chi connectivity index (χ2n) is 9.61. The summed E-state index contributed by atoms with van der Waals surface area (Å²) < 4.78 is 10.5. The smallest absolute Gasteiger partial charge is 0.291 e. The molecule has 1 aromatic rings. The van der Waals surface area contributed by atoms with Crippen molar-refractivity contribution in [2.75, 3.05) is 33.6 Å². The van der Waals surface area contributed by atoms with Gasteiger partial charge in [-0.15, -0.1) is 0 Å². The second kappa shape index (κ2) is 12.5. The molecule has 7 nitrogen and oxygen atoms in total. The number of nitrogens with zero attached hydrogens (tertiary/aromatic N) is 2. The number of methoxy groups -OCH3 is 1. The molecule has 0 radical (unpaired) electrons. The van der Waals surface area contributed by atoms with Crippen LogP contribution >= 0.6 is 0 Å². The predicted molar refractivity (Wildman–Crippen MR) is 130 cm³/mol. The van der Waals surface area contributed by atoms with Crippen LogP contribution in [-0.4, -0.2) is 73.1 Å². The fourth-order valence-corrected chi connectivity index (χ4v) is 5.35. The van der Waals surface area contributed by atoms with Gasteiger partial charge in [-0.2, -0.15) is 0 Å². The number of unbranched alkanes of at least 4 members (excludes halogenated alkanes) is 1. The van der Waals surface area contributed by atoms with Crippen LogP contribution in [0.2, 0.25) is 0 Å². The van der Waals surface area contributed by atoms with Crippen molar-refractivity contribution in [3.8, 4) is 0 Å². The lowest BCUT2D eigenvalue weighted by Gasteiger charge is -2.49. The van der Waals surface area contributed by atoms with Crippen molar-refractivity contribution >= 4 is 17.6 Å². The van der Waals surface area contributed by atoms with Crippen LogP contribution < -0.4 is 0 Å². The van der Waals surface area contributed by atoms with E-state index in [4.69, 9.17) is 9.47 Å². The van der Waals surface area contributed by atoms with Crippen LogP contribution in [0.15, 0.2) is 30.3 Å². The van der Waals surface area contributed by atoms with Gasteiger partial charge in [-0.3, -0.25) is 14.4 Å². The van der Waals surface area contributed by atoms with E-state index in [0.29, 0.717) is 32.4 Å². The molecule has 0 N–H and O–H groups in total. The summed E-state index contributed by atoms with van der Waals surface area (Å²) in [4.78, 5) is 43.8. The molecule has 2 saturated heterocycles. The molecule has 188 valence electrons. The molecular formula is C27H40N2O5. The molecule has 1 aromatic carbocycles. The van der Waals surface area contributed by atoms with Crippen LogP contribution in [0.1, 0.15) is 64.4 Å². The van der Waals surface area contributed by atoms with Gasteiger partial charge in [0.15, 0.2) is 0 Å². The minimum absolute atomic E-state index is 0.00830. The van der Waals surface area contributed by atoms with Gasteiger partial charge in [-0.1, -0.05) is 44.2 Å². The van der Waals surface area contributed by atoms with E-state index in [-0.39, 0.29) is 25.3 Å². The Labute approximate surface area is 203 Å². The third-order valence-electron chi connectivity index (χ3n) is 7.60. The highest BCUT2D eigenvalue weighted by molar-refractivity contribution is 6.38. The molecular weight excluding hydrogens is 432 g/mol. The monoisotopic (exact) mass is 472 g/mol. The van der Waals surface area contributed by atoms with E-state index in [0.717, 1.165) is 32.1 Å². The summed E-state index contributed by atoms with van der Waals surface area (Å²) in [6, 6.07) is 9.76. The highest BCUT2D eigenvalue weighted by Gasteiger charge is 2.50. The topological polar surface area (TPSA) is 76.1 Å². The van der Waals surface area contributed by atoms with E-state index in [9.17, 15) is 14.4 Å². The zero-order chi connectivity index (χ0) is 24.6. The SMILES string of the molecule is CCC(CC)(COCOC)C(=O)C(=O)N1C2CCCC1C(=O)N(CCCCc1ccccc1)C2. The minimum Gasteiger partial charge on any atom is -0.359 e. The van der Waals surface area contributed by atoms with Crippen molar-refractivity contribution in [2.24, 2.45) is 5.41 Å². The van der Waals surface area contributed by atoms with Gasteiger partial charge in [-0.25, -0.2) is 0 Å². The Bertz CT molecular complexity index is 824. The number of carbonyl (C=O) groups excluding carboxylic acids is 3. The predicted octanol–water partition coefficient (Wildman–Crippen LogP) is 3.60. The standard InChI is InChI=1S/C27H40N2O5/c1-4-27(5-2,19-34-20-33-3)24(30)26(32)29-22-15-11-16-23(29)25(31)28(18-22)17-10-9-14-21-12-7-6-8-13-21/h6-8,12-13,22-23H,4-5,9-11,14-20H2,1-3H3. The summed E-state index contributed by atoms with van der Waals surface area (Å²) in [7, 11) is 1.53. The third-order valence-corrected chi connectivity index (χ3v) is 7.60. The molecule has 0 aliphatic carbocycles. The van der Waals surface area contributed by atoms with Crippen molar-refractivity contribution in [3.05, 3.63) is 35.9 Å². The van der Waals surface area contributed by atoms with Crippen molar-refractivity contribution in [2.45, 2.75) is 77.3 Å². The molecule has 2 heterocycles. The Kier molecular flexibility index (Phi) is 9.65. The van der Waals surface area contributed by atoms with Gasteiger partial charge in [0.1, 0.15) is 12.8 Å². The molecule has 2 atom stereocenters. The summed E-state index contributed by atoms with van der Waals surface area (Å²) in [6.07, 6.45) is 6.31. The number of likely N-dealkylation sites (tertiary alicyclic amines) is 1. The quantitative estimate of drug-likeness (QED) is 0.249. The molecule has 34 heavy (non-hydrogen) atoms. The molecule has 2 aliphatic heterocycles. The van der Waals surface area contributed by atoms with Crippen LogP contribution in [0.5, 0.6) is 0 Å². The van der Waals surface area contributed by atoms with Crippen LogP contribution in [0.4, 0.5) is 0 Å². The van der Waals surface area contributed by atoms with Crippen molar-refractivity contribution < 1.29 is 23.9 Å². The lowest BCUT2D eigenvalue weighted by molar-refractivity contribution is -0.167. The normalized spacial score (nSPS) is 20.5. The van der Waals surface area contributed by atoms with E-state index in [2.05, 4.69) is 12.1 Å². The van der Waals surface area contributed by atoms with E-state index < -0.39 is 23.1 Å².